The van der Waals surface area contributed by atoms with Gasteiger partial charge in [-0.2, -0.15) is 11.3 Å². The van der Waals surface area contributed by atoms with Gasteiger partial charge in [-0.1, -0.05) is 18.2 Å². The van der Waals surface area contributed by atoms with Crippen molar-refractivity contribution in [1.82, 2.24) is 5.32 Å². The number of thiophene rings is 1. The summed E-state index contributed by atoms with van der Waals surface area (Å²) in [5.41, 5.74) is 2.42. The molecule has 9 heteroatoms. The monoisotopic (exact) mass is 531 g/mol. The summed E-state index contributed by atoms with van der Waals surface area (Å²) in [6.45, 7) is 0. The minimum Gasteiger partial charge on any atom is -0.325 e. The Hall–Kier alpha value is -4.21. The SMILES string of the molecule is O=C(CSc1ccc(NC(=O)/C(=C/c2ccsc2)NC(=O)c2ccccc2)cc1)Nc1ccc(F)cc1. The fourth-order valence-electron chi connectivity index (χ4n) is 3.18. The second-order valence-corrected chi connectivity index (χ2v) is 9.59. The highest BCUT2D eigenvalue weighted by molar-refractivity contribution is 8.00. The smallest absolute Gasteiger partial charge is 0.272 e. The van der Waals surface area contributed by atoms with E-state index in [0.29, 0.717) is 16.9 Å². The van der Waals surface area contributed by atoms with Crippen molar-refractivity contribution >= 4 is 58.3 Å². The van der Waals surface area contributed by atoms with Crippen LogP contribution in [0, 0.1) is 5.82 Å². The number of nitrogens with one attached hydrogen (secondary N) is 3. The molecule has 4 rings (SSSR count). The molecule has 0 atom stereocenters. The summed E-state index contributed by atoms with van der Waals surface area (Å²) >= 11 is 2.81. The number of benzene rings is 3. The first kappa shape index (κ1) is 25.9. The summed E-state index contributed by atoms with van der Waals surface area (Å²) in [7, 11) is 0. The van der Waals surface area contributed by atoms with Crippen molar-refractivity contribution in [3.63, 3.8) is 0 Å². The van der Waals surface area contributed by atoms with E-state index in [0.717, 1.165) is 10.5 Å². The van der Waals surface area contributed by atoms with Crippen molar-refractivity contribution in [2.45, 2.75) is 4.90 Å². The highest BCUT2D eigenvalue weighted by Crippen LogP contribution is 2.21. The van der Waals surface area contributed by atoms with Crippen molar-refractivity contribution in [3.05, 3.63) is 118 Å². The van der Waals surface area contributed by atoms with E-state index in [2.05, 4.69) is 16.0 Å². The number of hydrogen-bond acceptors (Lipinski definition) is 5. The summed E-state index contributed by atoms with van der Waals surface area (Å²) in [6, 6.07) is 23.1. The lowest BCUT2D eigenvalue weighted by molar-refractivity contribution is -0.114. The first-order valence-electron chi connectivity index (χ1n) is 11.2. The number of anilines is 2. The molecule has 0 spiro atoms. The van der Waals surface area contributed by atoms with Crippen molar-refractivity contribution < 1.29 is 18.8 Å². The average Bonchev–Trinajstić information content (AvgIpc) is 3.43. The van der Waals surface area contributed by atoms with Crippen LogP contribution in [0.25, 0.3) is 6.08 Å². The van der Waals surface area contributed by atoms with Crippen molar-refractivity contribution in [2.24, 2.45) is 0 Å². The molecule has 3 amide bonds. The molecule has 4 aromatic rings. The topological polar surface area (TPSA) is 87.3 Å². The lowest BCUT2D eigenvalue weighted by Crippen LogP contribution is -2.30. The van der Waals surface area contributed by atoms with Crippen LogP contribution in [0.1, 0.15) is 15.9 Å². The number of halogens is 1. The van der Waals surface area contributed by atoms with Crippen LogP contribution < -0.4 is 16.0 Å². The second kappa shape index (κ2) is 12.7. The van der Waals surface area contributed by atoms with Crippen LogP contribution in [0.4, 0.5) is 15.8 Å². The van der Waals surface area contributed by atoms with Gasteiger partial charge in [0.25, 0.3) is 11.8 Å². The molecule has 3 N–H and O–H groups in total. The Balaban J connectivity index is 1.36. The van der Waals surface area contributed by atoms with Gasteiger partial charge in [-0.25, -0.2) is 4.39 Å². The zero-order valence-electron chi connectivity index (χ0n) is 19.4. The molecule has 0 saturated carbocycles. The van der Waals surface area contributed by atoms with E-state index in [9.17, 15) is 18.8 Å². The van der Waals surface area contributed by atoms with E-state index in [4.69, 9.17) is 0 Å². The Morgan fingerprint density at radius 1 is 0.838 bits per heavy atom. The van der Waals surface area contributed by atoms with Gasteiger partial charge < -0.3 is 16.0 Å². The van der Waals surface area contributed by atoms with Crippen LogP contribution in [-0.2, 0) is 9.59 Å². The molecule has 0 aliphatic carbocycles. The Labute approximate surface area is 221 Å². The van der Waals surface area contributed by atoms with Crippen LogP contribution >= 0.6 is 23.1 Å². The Bertz CT molecular complexity index is 1390. The summed E-state index contributed by atoms with van der Waals surface area (Å²) in [6.07, 6.45) is 1.62. The van der Waals surface area contributed by atoms with Gasteiger partial charge >= 0.3 is 0 Å². The molecular formula is C28H22FN3O3S2. The van der Waals surface area contributed by atoms with Gasteiger partial charge in [0, 0.05) is 21.8 Å². The predicted molar refractivity (Wildman–Crippen MR) is 147 cm³/mol. The maximum atomic E-state index is 13.0. The number of carbonyl (C=O) groups is 3. The number of carbonyl (C=O) groups excluding carboxylic acids is 3. The molecule has 6 nitrogen and oxygen atoms in total. The number of rotatable bonds is 9. The third-order valence-corrected chi connectivity index (χ3v) is 6.71. The van der Waals surface area contributed by atoms with E-state index in [1.54, 1.807) is 54.6 Å². The van der Waals surface area contributed by atoms with E-state index >= 15 is 0 Å². The lowest BCUT2D eigenvalue weighted by Gasteiger charge is -2.11. The average molecular weight is 532 g/mol. The molecule has 0 unspecified atom stereocenters. The molecule has 1 aromatic heterocycles. The lowest BCUT2D eigenvalue weighted by atomic mass is 10.2. The predicted octanol–water partition coefficient (Wildman–Crippen LogP) is 6.03. The number of thioether (sulfide) groups is 1. The van der Waals surface area contributed by atoms with E-state index in [1.165, 1.54) is 47.4 Å². The van der Waals surface area contributed by atoms with Crippen molar-refractivity contribution in [1.29, 1.82) is 0 Å². The zero-order valence-corrected chi connectivity index (χ0v) is 21.1. The molecule has 0 aliphatic heterocycles. The molecule has 0 aliphatic rings. The maximum absolute atomic E-state index is 13.0. The normalized spacial score (nSPS) is 11.0. The van der Waals surface area contributed by atoms with E-state index in [1.807, 2.05) is 22.9 Å². The van der Waals surface area contributed by atoms with Crippen LogP contribution in [-0.4, -0.2) is 23.5 Å². The maximum Gasteiger partial charge on any atom is 0.272 e. The Morgan fingerprint density at radius 3 is 2.19 bits per heavy atom. The fraction of sp³-hybridized carbons (Fsp3) is 0.0357. The van der Waals surface area contributed by atoms with Gasteiger partial charge in [0.15, 0.2) is 0 Å². The third-order valence-electron chi connectivity index (χ3n) is 4.99. The number of amides is 3. The standard InChI is InChI=1S/C28H22FN3O3S2/c29-21-6-8-22(9-7-21)30-26(33)18-37-24-12-10-23(11-13-24)31-28(35)25(16-19-14-15-36-17-19)32-27(34)20-4-2-1-3-5-20/h1-17H,18H2,(H,30,33)(H,31,35)(H,32,34)/b25-16-. The molecule has 37 heavy (non-hydrogen) atoms. The molecule has 0 fully saturated rings. The molecular weight excluding hydrogens is 509 g/mol. The summed E-state index contributed by atoms with van der Waals surface area (Å²) in [5, 5.41) is 12.0. The first-order valence-corrected chi connectivity index (χ1v) is 13.1. The van der Waals surface area contributed by atoms with Crippen LogP contribution in [0.2, 0.25) is 0 Å². The van der Waals surface area contributed by atoms with Gasteiger partial charge in [-0.05, 0) is 89.1 Å². The first-order chi connectivity index (χ1) is 18.0. The van der Waals surface area contributed by atoms with E-state index < -0.39 is 5.91 Å². The summed E-state index contributed by atoms with van der Waals surface area (Å²) in [5.74, 6) is -1.27. The van der Waals surface area contributed by atoms with Crippen molar-refractivity contribution in [3.8, 4) is 0 Å². The van der Waals surface area contributed by atoms with Gasteiger partial charge in [-0.3, -0.25) is 14.4 Å². The summed E-state index contributed by atoms with van der Waals surface area (Å²) < 4.78 is 13.0. The second-order valence-electron chi connectivity index (χ2n) is 7.76. The van der Waals surface area contributed by atoms with Crippen molar-refractivity contribution in [2.75, 3.05) is 16.4 Å². The molecule has 3 aromatic carbocycles. The van der Waals surface area contributed by atoms with Gasteiger partial charge in [0.05, 0.1) is 5.75 Å². The largest absolute Gasteiger partial charge is 0.325 e. The van der Waals surface area contributed by atoms with Crippen LogP contribution in [0.5, 0.6) is 0 Å². The Morgan fingerprint density at radius 2 is 1.51 bits per heavy atom. The Kier molecular flexibility index (Phi) is 8.85. The highest BCUT2D eigenvalue weighted by Gasteiger charge is 2.15. The van der Waals surface area contributed by atoms with E-state index in [-0.39, 0.29) is 29.1 Å². The third kappa shape index (κ3) is 7.89. The van der Waals surface area contributed by atoms with Gasteiger partial charge in [0.1, 0.15) is 11.5 Å². The summed E-state index contributed by atoms with van der Waals surface area (Å²) in [4.78, 5) is 38.7. The molecule has 186 valence electrons. The fourth-order valence-corrected chi connectivity index (χ4v) is 4.49. The van der Waals surface area contributed by atoms with Crippen LogP contribution in [0.3, 0.4) is 0 Å². The molecule has 0 radical (unpaired) electrons. The number of hydrogen-bond donors (Lipinski definition) is 3. The minimum absolute atomic E-state index is 0.114. The van der Waals surface area contributed by atoms with Crippen LogP contribution in [0.15, 0.2) is 106 Å². The zero-order chi connectivity index (χ0) is 26.0. The molecule has 0 bridgehead atoms. The quantitative estimate of drug-likeness (QED) is 0.182. The minimum atomic E-state index is -0.463. The van der Waals surface area contributed by atoms with Gasteiger partial charge in [-0.15, -0.1) is 11.8 Å². The molecule has 1 heterocycles. The molecule has 0 saturated heterocycles. The highest BCUT2D eigenvalue weighted by atomic mass is 32.2. The van der Waals surface area contributed by atoms with Gasteiger partial charge in [0.2, 0.25) is 5.91 Å².